The molecule has 1 atom stereocenters. The van der Waals surface area contributed by atoms with Crippen LogP contribution in [0, 0.1) is 5.92 Å². The average molecular weight is 429 g/mol. The van der Waals surface area contributed by atoms with Crippen LogP contribution in [0.3, 0.4) is 0 Å². The minimum absolute atomic E-state index is 0.0326. The van der Waals surface area contributed by atoms with E-state index in [1.54, 1.807) is 4.90 Å². The molecule has 0 radical (unpaired) electrons. The van der Waals surface area contributed by atoms with Crippen molar-refractivity contribution in [3.05, 3.63) is 30.3 Å². The van der Waals surface area contributed by atoms with E-state index in [1.807, 2.05) is 23.1 Å². The van der Waals surface area contributed by atoms with Crippen molar-refractivity contribution in [2.24, 2.45) is 5.92 Å². The highest BCUT2D eigenvalue weighted by atomic mass is 16.2. The SMILES string of the molecule is CCCC(CCC)C(=O)N1CCNC(=O)[C@H]1CC(=O)N1CCN(c2ccccc2)CC1. The van der Waals surface area contributed by atoms with Gasteiger partial charge >= 0.3 is 0 Å². The van der Waals surface area contributed by atoms with Crippen LogP contribution in [-0.2, 0) is 14.4 Å². The van der Waals surface area contributed by atoms with Crippen LogP contribution in [0.4, 0.5) is 5.69 Å². The summed E-state index contributed by atoms with van der Waals surface area (Å²) in [5, 5.41) is 2.84. The van der Waals surface area contributed by atoms with Crippen LogP contribution in [0.2, 0.25) is 0 Å². The second-order valence-electron chi connectivity index (χ2n) is 8.52. The Bertz CT molecular complexity index is 740. The first-order valence-electron chi connectivity index (χ1n) is 11.7. The van der Waals surface area contributed by atoms with Crippen molar-refractivity contribution in [2.75, 3.05) is 44.2 Å². The molecule has 0 aromatic heterocycles. The summed E-state index contributed by atoms with van der Waals surface area (Å²) >= 11 is 0. The summed E-state index contributed by atoms with van der Waals surface area (Å²) < 4.78 is 0. The van der Waals surface area contributed by atoms with E-state index in [0.29, 0.717) is 26.2 Å². The Morgan fingerprint density at radius 3 is 2.26 bits per heavy atom. The van der Waals surface area contributed by atoms with Crippen LogP contribution in [0.5, 0.6) is 0 Å². The van der Waals surface area contributed by atoms with Gasteiger partial charge in [0, 0.05) is 50.9 Å². The number of para-hydroxylation sites is 1. The molecule has 7 nitrogen and oxygen atoms in total. The third kappa shape index (κ3) is 5.77. The number of hydrogen-bond donors (Lipinski definition) is 1. The van der Waals surface area contributed by atoms with E-state index >= 15 is 0 Å². The summed E-state index contributed by atoms with van der Waals surface area (Å²) in [6.45, 7) is 7.89. The van der Waals surface area contributed by atoms with Gasteiger partial charge in [0.25, 0.3) is 0 Å². The predicted octanol–water partition coefficient (Wildman–Crippen LogP) is 2.27. The summed E-state index contributed by atoms with van der Waals surface area (Å²) in [6.07, 6.45) is 3.59. The van der Waals surface area contributed by atoms with E-state index in [2.05, 4.69) is 36.2 Å². The highest BCUT2D eigenvalue weighted by Crippen LogP contribution is 2.22. The largest absolute Gasteiger partial charge is 0.368 e. The lowest BCUT2D eigenvalue weighted by molar-refractivity contribution is -0.149. The molecule has 2 aliphatic rings. The van der Waals surface area contributed by atoms with Crippen molar-refractivity contribution in [2.45, 2.75) is 52.0 Å². The Hall–Kier alpha value is -2.57. The van der Waals surface area contributed by atoms with Gasteiger partial charge in [-0.1, -0.05) is 44.9 Å². The molecule has 31 heavy (non-hydrogen) atoms. The number of carbonyl (C=O) groups excluding carboxylic acids is 3. The van der Waals surface area contributed by atoms with E-state index in [1.165, 1.54) is 0 Å². The van der Waals surface area contributed by atoms with Crippen molar-refractivity contribution in [1.29, 1.82) is 0 Å². The fourth-order valence-electron chi connectivity index (χ4n) is 4.65. The monoisotopic (exact) mass is 428 g/mol. The standard InChI is InChI=1S/C24H36N4O3/c1-3-8-19(9-4-2)24(31)28-13-12-25-23(30)21(28)18-22(29)27-16-14-26(15-17-27)20-10-6-5-7-11-20/h5-7,10-11,19,21H,3-4,8-9,12-18H2,1-2H3,(H,25,30)/t21-/m1/s1. The quantitative estimate of drug-likeness (QED) is 0.689. The molecular weight excluding hydrogens is 392 g/mol. The number of amides is 3. The summed E-state index contributed by atoms with van der Waals surface area (Å²) in [5.74, 6) is -0.282. The lowest BCUT2D eigenvalue weighted by atomic mass is 9.94. The molecule has 170 valence electrons. The first-order valence-corrected chi connectivity index (χ1v) is 11.7. The second kappa shape index (κ2) is 11.2. The van der Waals surface area contributed by atoms with Gasteiger partial charge in [-0.25, -0.2) is 0 Å². The maximum atomic E-state index is 13.2. The van der Waals surface area contributed by atoms with E-state index in [0.717, 1.165) is 44.5 Å². The van der Waals surface area contributed by atoms with E-state index in [-0.39, 0.29) is 30.1 Å². The van der Waals surface area contributed by atoms with E-state index in [4.69, 9.17) is 0 Å². The van der Waals surface area contributed by atoms with Crippen LogP contribution in [0.25, 0.3) is 0 Å². The van der Waals surface area contributed by atoms with E-state index < -0.39 is 6.04 Å². The third-order valence-electron chi connectivity index (χ3n) is 6.36. The Kier molecular flexibility index (Phi) is 8.32. The first-order chi connectivity index (χ1) is 15.0. The van der Waals surface area contributed by atoms with Crippen molar-refractivity contribution >= 4 is 23.4 Å². The van der Waals surface area contributed by atoms with E-state index in [9.17, 15) is 14.4 Å². The topological polar surface area (TPSA) is 73.0 Å². The molecule has 1 N–H and O–H groups in total. The molecular formula is C24H36N4O3. The third-order valence-corrected chi connectivity index (χ3v) is 6.36. The molecule has 3 amide bonds. The Morgan fingerprint density at radius 1 is 1.00 bits per heavy atom. The van der Waals surface area contributed by atoms with Gasteiger partial charge in [-0.15, -0.1) is 0 Å². The number of hydrogen-bond acceptors (Lipinski definition) is 4. The van der Waals surface area contributed by atoms with Crippen molar-refractivity contribution in [3.8, 4) is 0 Å². The zero-order valence-corrected chi connectivity index (χ0v) is 18.9. The fourth-order valence-corrected chi connectivity index (χ4v) is 4.65. The number of nitrogens with one attached hydrogen (secondary N) is 1. The Balaban J connectivity index is 1.61. The Morgan fingerprint density at radius 2 is 1.65 bits per heavy atom. The number of benzene rings is 1. The molecule has 7 heteroatoms. The normalized spacial score (nSPS) is 19.5. The molecule has 2 heterocycles. The molecule has 0 aliphatic carbocycles. The molecule has 1 aromatic rings. The highest BCUT2D eigenvalue weighted by molar-refractivity contribution is 5.93. The summed E-state index contributed by atoms with van der Waals surface area (Å²) in [7, 11) is 0. The maximum absolute atomic E-state index is 13.2. The lowest BCUT2D eigenvalue weighted by Gasteiger charge is -2.39. The van der Waals surface area contributed by atoms with Crippen LogP contribution in [0.15, 0.2) is 30.3 Å². The zero-order chi connectivity index (χ0) is 22.2. The number of anilines is 1. The summed E-state index contributed by atoms with van der Waals surface area (Å²) in [6, 6.07) is 9.50. The minimum atomic E-state index is -0.697. The maximum Gasteiger partial charge on any atom is 0.243 e. The first kappa shape index (κ1) is 23.1. The molecule has 2 aliphatic heterocycles. The smallest absolute Gasteiger partial charge is 0.243 e. The van der Waals surface area contributed by atoms with Gasteiger partial charge in [0.2, 0.25) is 17.7 Å². The van der Waals surface area contributed by atoms with Gasteiger partial charge in [-0.2, -0.15) is 0 Å². The summed E-state index contributed by atoms with van der Waals surface area (Å²) in [5.41, 5.74) is 1.16. The number of rotatable bonds is 8. The molecule has 1 aromatic carbocycles. The molecule has 0 saturated carbocycles. The highest BCUT2D eigenvalue weighted by Gasteiger charge is 2.38. The number of piperazine rings is 2. The molecule has 0 unspecified atom stereocenters. The predicted molar refractivity (Wildman–Crippen MR) is 122 cm³/mol. The van der Waals surface area contributed by atoms with Crippen molar-refractivity contribution in [3.63, 3.8) is 0 Å². The molecule has 0 spiro atoms. The molecule has 3 rings (SSSR count). The van der Waals surface area contributed by atoms with Crippen LogP contribution in [-0.4, -0.2) is 72.8 Å². The van der Waals surface area contributed by atoms with Gasteiger partial charge in [0.05, 0.1) is 6.42 Å². The lowest BCUT2D eigenvalue weighted by Crippen LogP contribution is -2.60. The summed E-state index contributed by atoms with van der Waals surface area (Å²) in [4.78, 5) is 44.6. The van der Waals surface area contributed by atoms with Gasteiger partial charge < -0.3 is 20.0 Å². The minimum Gasteiger partial charge on any atom is -0.368 e. The van der Waals surface area contributed by atoms with Gasteiger partial charge in [0.1, 0.15) is 6.04 Å². The molecule has 2 fully saturated rings. The van der Waals surface area contributed by atoms with Crippen molar-refractivity contribution < 1.29 is 14.4 Å². The molecule has 0 bridgehead atoms. The fraction of sp³-hybridized carbons (Fsp3) is 0.625. The Labute approximate surface area is 185 Å². The average Bonchev–Trinajstić information content (AvgIpc) is 2.80. The van der Waals surface area contributed by atoms with Crippen molar-refractivity contribution in [1.82, 2.24) is 15.1 Å². The van der Waals surface area contributed by atoms with Gasteiger partial charge in [0.15, 0.2) is 0 Å². The zero-order valence-electron chi connectivity index (χ0n) is 18.9. The number of carbonyl (C=O) groups is 3. The van der Waals surface area contributed by atoms with Crippen LogP contribution < -0.4 is 10.2 Å². The van der Waals surface area contributed by atoms with Gasteiger partial charge in [-0.05, 0) is 25.0 Å². The number of nitrogens with zero attached hydrogens (tertiary/aromatic N) is 3. The van der Waals surface area contributed by atoms with Crippen LogP contribution >= 0.6 is 0 Å². The van der Waals surface area contributed by atoms with Crippen LogP contribution in [0.1, 0.15) is 46.0 Å². The van der Waals surface area contributed by atoms with Gasteiger partial charge in [-0.3, -0.25) is 14.4 Å². The molecule has 2 saturated heterocycles. The second-order valence-corrected chi connectivity index (χ2v) is 8.52.